The van der Waals surface area contributed by atoms with Crippen molar-refractivity contribution in [3.05, 3.63) is 40.2 Å². The normalized spacial score (nSPS) is 17.8. The van der Waals surface area contributed by atoms with Crippen molar-refractivity contribution in [1.82, 2.24) is 19.9 Å². The molecular formula is C16H22N6O2. The minimum atomic E-state index is -0.297. The van der Waals surface area contributed by atoms with Crippen LogP contribution in [-0.4, -0.2) is 50.8 Å². The Hall–Kier alpha value is -2.48. The highest BCUT2D eigenvalue weighted by molar-refractivity contribution is 5.43. The quantitative estimate of drug-likeness (QED) is 0.732. The largest absolute Gasteiger partial charge is 0.391 e. The summed E-state index contributed by atoms with van der Waals surface area (Å²) >= 11 is 0. The molecule has 0 saturated carbocycles. The molecule has 1 aliphatic rings. The first-order valence-corrected chi connectivity index (χ1v) is 8.17. The third kappa shape index (κ3) is 4.29. The number of aromatic nitrogens is 4. The van der Waals surface area contributed by atoms with E-state index >= 15 is 0 Å². The van der Waals surface area contributed by atoms with E-state index in [1.807, 2.05) is 6.07 Å². The van der Waals surface area contributed by atoms with E-state index in [0.717, 1.165) is 25.2 Å². The maximum Gasteiger partial charge on any atom is 0.251 e. The highest BCUT2D eigenvalue weighted by Crippen LogP contribution is 2.18. The van der Waals surface area contributed by atoms with Crippen LogP contribution in [0.1, 0.15) is 24.4 Å². The van der Waals surface area contributed by atoms with Crippen molar-refractivity contribution in [1.29, 1.82) is 0 Å². The van der Waals surface area contributed by atoms with Gasteiger partial charge < -0.3 is 20.3 Å². The molecule has 1 aliphatic heterocycles. The summed E-state index contributed by atoms with van der Waals surface area (Å²) in [5, 5.41) is 12.9. The van der Waals surface area contributed by atoms with Gasteiger partial charge in [0.1, 0.15) is 11.6 Å². The molecule has 0 aromatic carbocycles. The van der Waals surface area contributed by atoms with Crippen molar-refractivity contribution >= 4 is 11.8 Å². The zero-order valence-corrected chi connectivity index (χ0v) is 13.7. The molecule has 1 fully saturated rings. The van der Waals surface area contributed by atoms with Gasteiger partial charge in [0.25, 0.3) is 5.56 Å². The second kappa shape index (κ2) is 7.39. The van der Waals surface area contributed by atoms with E-state index in [1.165, 1.54) is 6.07 Å². The second-order valence-corrected chi connectivity index (χ2v) is 5.99. The van der Waals surface area contributed by atoms with Crippen LogP contribution in [0.5, 0.6) is 0 Å². The molecule has 8 nitrogen and oxygen atoms in total. The summed E-state index contributed by atoms with van der Waals surface area (Å²) in [5.74, 6) is 1.98. The Morgan fingerprint density at radius 3 is 3.12 bits per heavy atom. The average Bonchev–Trinajstić information content (AvgIpc) is 2.54. The fraction of sp³-hybridized carbons (Fsp3) is 0.500. The molecule has 2 aromatic heterocycles. The van der Waals surface area contributed by atoms with Gasteiger partial charge in [-0.1, -0.05) is 0 Å². The predicted molar refractivity (Wildman–Crippen MR) is 91.3 cm³/mol. The molecule has 1 atom stereocenters. The minimum absolute atomic E-state index is 0.139. The third-order valence-corrected chi connectivity index (χ3v) is 3.93. The van der Waals surface area contributed by atoms with Gasteiger partial charge >= 0.3 is 0 Å². The van der Waals surface area contributed by atoms with E-state index in [0.29, 0.717) is 37.0 Å². The van der Waals surface area contributed by atoms with Gasteiger partial charge in [-0.3, -0.25) is 4.79 Å². The Balaban J connectivity index is 1.59. The Kier molecular flexibility index (Phi) is 5.05. The fourth-order valence-corrected chi connectivity index (χ4v) is 2.83. The van der Waals surface area contributed by atoms with Gasteiger partial charge in [-0.05, 0) is 25.8 Å². The van der Waals surface area contributed by atoms with Gasteiger partial charge in [0, 0.05) is 44.0 Å². The van der Waals surface area contributed by atoms with E-state index in [9.17, 15) is 9.90 Å². The number of nitrogens with one attached hydrogen (secondary N) is 2. The van der Waals surface area contributed by atoms with Crippen molar-refractivity contribution in [2.24, 2.45) is 0 Å². The molecule has 0 bridgehead atoms. The van der Waals surface area contributed by atoms with Crippen molar-refractivity contribution in [3.63, 3.8) is 0 Å². The van der Waals surface area contributed by atoms with Crippen LogP contribution in [0, 0.1) is 6.92 Å². The maximum atomic E-state index is 11.4. The number of aryl methyl sites for hydroxylation is 1. The molecule has 0 amide bonds. The molecule has 1 unspecified atom stereocenters. The topological polar surface area (TPSA) is 107 Å². The van der Waals surface area contributed by atoms with Crippen molar-refractivity contribution in [3.8, 4) is 0 Å². The van der Waals surface area contributed by atoms with Crippen molar-refractivity contribution in [2.75, 3.05) is 29.9 Å². The van der Waals surface area contributed by atoms with E-state index in [4.69, 9.17) is 0 Å². The Morgan fingerprint density at radius 2 is 2.33 bits per heavy atom. The molecule has 3 heterocycles. The van der Waals surface area contributed by atoms with Crippen LogP contribution in [0.2, 0.25) is 0 Å². The monoisotopic (exact) mass is 330 g/mol. The predicted octanol–water partition coefficient (Wildman–Crippen LogP) is 0.484. The molecular weight excluding hydrogens is 308 g/mol. The summed E-state index contributed by atoms with van der Waals surface area (Å²) in [6.07, 6.45) is 3.79. The number of anilines is 2. The summed E-state index contributed by atoms with van der Waals surface area (Å²) in [5.41, 5.74) is 0.565. The first-order valence-electron chi connectivity index (χ1n) is 8.17. The summed E-state index contributed by atoms with van der Waals surface area (Å²) in [7, 11) is 0. The smallest absolute Gasteiger partial charge is 0.251 e. The van der Waals surface area contributed by atoms with E-state index in [1.54, 1.807) is 13.1 Å². The number of nitrogens with zero attached hydrogens (tertiary/aromatic N) is 4. The standard InChI is InChI=1S/C16H22N6O2/c1-11-9-15(24)20-13(19-11)4-6-17-16-18-7-5-14(21-16)22-8-2-3-12(23)10-22/h5,7,9,12,23H,2-4,6,8,10H2,1H3,(H,17,18,21)(H,19,20,24). The van der Waals surface area contributed by atoms with Crippen LogP contribution in [0.3, 0.4) is 0 Å². The van der Waals surface area contributed by atoms with Gasteiger partial charge in [-0.2, -0.15) is 4.98 Å². The summed E-state index contributed by atoms with van der Waals surface area (Å²) in [6.45, 7) is 3.86. The zero-order chi connectivity index (χ0) is 16.9. The van der Waals surface area contributed by atoms with Gasteiger partial charge in [0.15, 0.2) is 0 Å². The average molecular weight is 330 g/mol. The van der Waals surface area contributed by atoms with Crippen LogP contribution >= 0.6 is 0 Å². The molecule has 0 aliphatic carbocycles. The number of rotatable bonds is 5. The van der Waals surface area contributed by atoms with Gasteiger partial charge in [0.05, 0.1) is 6.10 Å². The summed E-state index contributed by atoms with van der Waals surface area (Å²) in [6, 6.07) is 3.32. The lowest BCUT2D eigenvalue weighted by molar-refractivity contribution is 0.154. The molecule has 1 saturated heterocycles. The second-order valence-electron chi connectivity index (χ2n) is 5.99. The number of β-amino-alcohol motifs (C(OH)–C–C–N with tert-alkyl or cyclic N) is 1. The van der Waals surface area contributed by atoms with Crippen LogP contribution in [0.15, 0.2) is 23.1 Å². The highest BCUT2D eigenvalue weighted by atomic mass is 16.3. The number of aliphatic hydroxyl groups excluding tert-OH is 1. The SMILES string of the molecule is Cc1cc(=O)[nH]c(CCNc2nccc(N3CCCC(O)C3)n2)n1. The van der Waals surface area contributed by atoms with Crippen molar-refractivity contribution < 1.29 is 5.11 Å². The number of hydrogen-bond donors (Lipinski definition) is 3. The molecule has 8 heteroatoms. The van der Waals surface area contributed by atoms with Crippen LogP contribution < -0.4 is 15.8 Å². The number of hydrogen-bond acceptors (Lipinski definition) is 7. The first-order chi connectivity index (χ1) is 11.6. The van der Waals surface area contributed by atoms with Crippen LogP contribution in [-0.2, 0) is 6.42 Å². The van der Waals surface area contributed by atoms with Gasteiger partial charge in [-0.25, -0.2) is 9.97 Å². The lowest BCUT2D eigenvalue weighted by atomic mass is 10.1. The molecule has 3 rings (SSSR count). The van der Waals surface area contributed by atoms with Gasteiger partial charge in [0.2, 0.25) is 5.95 Å². The van der Waals surface area contributed by atoms with Gasteiger partial charge in [-0.15, -0.1) is 0 Å². The fourth-order valence-electron chi connectivity index (χ4n) is 2.83. The summed E-state index contributed by atoms with van der Waals surface area (Å²) < 4.78 is 0. The van der Waals surface area contributed by atoms with E-state index in [-0.39, 0.29) is 11.7 Å². The number of aromatic amines is 1. The number of aliphatic hydroxyl groups is 1. The Morgan fingerprint density at radius 1 is 1.46 bits per heavy atom. The van der Waals surface area contributed by atoms with E-state index < -0.39 is 0 Å². The first kappa shape index (κ1) is 16.4. The highest BCUT2D eigenvalue weighted by Gasteiger charge is 2.19. The summed E-state index contributed by atoms with van der Waals surface area (Å²) in [4.78, 5) is 29.2. The Labute approximate surface area is 140 Å². The molecule has 128 valence electrons. The maximum absolute atomic E-state index is 11.4. The lowest BCUT2D eigenvalue weighted by Crippen LogP contribution is -2.38. The molecule has 2 aromatic rings. The minimum Gasteiger partial charge on any atom is -0.391 e. The molecule has 0 spiro atoms. The van der Waals surface area contributed by atoms with E-state index in [2.05, 4.69) is 30.2 Å². The molecule has 3 N–H and O–H groups in total. The Bertz CT molecular complexity index is 747. The third-order valence-electron chi connectivity index (χ3n) is 3.93. The lowest BCUT2D eigenvalue weighted by Gasteiger charge is -2.31. The number of piperidine rings is 1. The van der Waals surface area contributed by atoms with Crippen molar-refractivity contribution in [2.45, 2.75) is 32.3 Å². The molecule has 0 radical (unpaired) electrons. The molecule has 24 heavy (non-hydrogen) atoms. The van der Waals surface area contributed by atoms with Crippen LogP contribution in [0.25, 0.3) is 0 Å². The number of H-pyrrole nitrogens is 1. The zero-order valence-electron chi connectivity index (χ0n) is 13.7. The van der Waals surface area contributed by atoms with Crippen LogP contribution in [0.4, 0.5) is 11.8 Å².